The summed E-state index contributed by atoms with van der Waals surface area (Å²) in [5, 5.41) is 18.8. The van der Waals surface area contributed by atoms with Gasteiger partial charge in [0.1, 0.15) is 5.60 Å². The molecular weight excluding hydrogens is 427 g/mol. The Labute approximate surface area is 192 Å². The molecule has 1 heterocycles. The van der Waals surface area contributed by atoms with Crippen LogP contribution in [0.15, 0.2) is 66.9 Å². The van der Waals surface area contributed by atoms with Gasteiger partial charge < -0.3 is 5.11 Å². The number of aliphatic hydroxyl groups is 1. The lowest BCUT2D eigenvalue weighted by atomic mass is 9.75. The SMILES string of the molecule is Cc1ccc(-n2ncc3cc(C(O)(c4cc(Cl)cc(Cl)c4)C4CCCC4)ccc32)cc1. The van der Waals surface area contributed by atoms with E-state index in [4.69, 9.17) is 23.2 Å². The van der Waals surface area contributed by atoms with Crippen molar-refractivity contribution in [1.82, 2.24) is 9.78 Å². The predicted molar refractivity (Wildman–Crippen MR) is 127 cm³/mol. The zero-order chi connectivity index (χ0) is 21.6. The van der Waals surface area contributed by atoms with E-state index in [2.05, 4.69) is 42.4 Å². The van der Waals surface area contributed by atoms with E-state index in [-0.39, 0.29) is 5.92 Å². The van der Waals surface area contributed by atoms with Crippen LogP contribution in [0.25, 0.3) is 16.6 Å². The highest BCUT2D eigenvalue weighted by molar-refractivity contribution is 6.34. The molecule has 3 aromatic carbocycles. The van der Waals surface area contributed by atoms with Gasteiger partial charge in [-0.25, -0.2) is 4.68 Å². The van der Waals surface area contributed by atoms with Crippen LogP contribution in [0.2, 0.25) is 10.0 Å². The van der Waals surface area contributed by atoms with Crippen LogP contribution in [-0.2, 0) is 5.60 Å². The first-order chi connectivity index (χ1) is 14.9. The van der Waals surface area contributed by atoms with Gasteiger partial charge in [0.2, 0.25) is 0 Å². The zero-order valence-corrected chi connectivity index (χ0v) is 18.9. The van der Waals surface area contributed by atoms with Crippen molar-refractivity contribution >= 4 is 34.1 Å². The molecule has 158 valence electrons. The van der Waals surface area contributed by atoms with Crippen LogP contribution in [0.3, 0.4) is 0 Å². The fourth-order valence-corrected chi connectivity index (χ4v) is 5.44. The third-order valence-corrected chi connectivity index (χ3v) is 6.97. The van der Waals surface area contributed by atoms with Gasteiger partial charge in [-0.15, -0.1) is 0 Å². The normalized spacial score (nSPS) is 16.6. The number of benzene rings is 3. The van der Waals surface area contributed by atoms with Gasteiger partial charge in [-0.1, -0.05) is 59.8 Å². The average Bonchev–Trinajstić information content (AvgIpc) is 3.43. The number of hydrogen-bond acceptors (Lipinski definition) is 2. The number of rotatable bonds is 4. The predicted octanol–water partition coefficient (Wildman–Crippen LogP) is 7.07. The molecule has 0 aliphatic heterocycles. The Morgan fingerprint density at radius 1 is 0.903 bits per heavy atom. The smallest absolute Gasteiger partial charge is 0.118 e. The molecule has 1 saturated carbocycles. The van der Waals surface area contributed by atoms with E-state index < -0.39 is 5.60 Å². The van der Waals surface area contributed by atoms with Gasteiger partial charge in [-0.3, -0.25) is 0 Å². The molecule has 1 aliphatic rings. The molecule has 1 aliphatic carbocycles. The molecule has 1 atom stereocenters. The van der Waals surface area contributed by atoms with E-state index in [9.17, 15) is 5.11 Å². The molecule has 3 nitrogen and oxygen atoms in total. The molecule has 31 heavy (non-hydrogen) atoms. The van der Waals surface area contributed by atoms with Crippen molar-refractivity contribution in [3.05, 3.63) is 93.6 Å². The van der Waals surface area contributed by atoms with Gasteiger partial charge in [0.05, 0.1) is 17.4 Å². The fraction of sp³-hybridized carbons (Fsp3) is 0.269. The van der Waals surface area contributed by atoms with Crippen LogP contribution in [0.1, 0.15) is 42.4 Å². The lowest BCUT2D eigenvalue weighted by molar-refractivity contribution is 0.0190. The summed E-state index contributed by atoms with van der Waals surface area (Å²) in [6, 6.07) is 19.8. The largest absolute Gasteiger partial charge is 0.380 e. The Morgan fingerprint density at radius 3 is 2.26 bits per heavy atom. The van der Waals surface area contributed by atoms with Crippen molar-refractivity contribution in [2.24, 2.45) is 5.92 Å². The van der Waals surface area contributed by atoms with E-state index in [1.807, 2.05) is 35.1 Å². The van der Waals surface area contributed by atoms with Crippen LogP contribution in [0.5, 0.6) is 0 Å². The molecule has 0 saturated heterocycles. The van der Waals surface area contributed by atoms with E-state index in [1.165, 1.54) is 5.56 Å². The van der Waals surface area contributed by atoms with Crippen molar-refractivity contribution in [2.75, 3.05) is 0 Å². The van der Waals surface area contributed by atoms with E-state index in [0.29, 0.717) is 10.0 Å². The minimum absolute atomic E-state index is 0.117. The van der Waals surface area contributed by atoms with Gasteiger partial charge in [-0.05, 0) is 79.3 Å². The average molecular weight is 451 g/mol. The maximum atomic E-state index is 12.2. The monoisotopic (exact) mass is 450 g/mol. The molecule has 1 unspecified atom stereocenters. The Kier molecular flexibility index (Phi) is 5.29. The number of aromatic nitrogens is 2. The van der Waals surface area contributed by atoms with Crippen LogP contribution in [-0.4, -0.2) is 14.9 Å². The molecule has 1 aromatic heterocycles. The summed E-state index contributed by atoms with van der Waals surface area (Å²) >= 11 is 12.6. The zero-order valence-electron chi connectivity index (χ0n) is 17.4. The number of aryl methyl sites for hydroxylation is 1. The Balaban J connectivity index is 1.64. The van der Waals surface area contributed by atoms with Crippen LogP contribution in [0.4, 0.5) is 0 Å². The van der Waals surface area contributed by atoms with Gasteiger partial charge >= 0.3 is 0 Å². The quantitative estimate of drug-likeness (QED) is 0.361. The highest BCUT2D eigenvalue weighted by atomic mass is 35.5. The van der Waals surface area contributed by atoms with E-state index >= 15 is 0 Å². The molecule has 5 heteroatoms. The van der Waals surface area contributed by atoms with Crippen LogP contribution >= 0.6 is 23.2 Å². The Morgan fingerprint density at radius 2 is 1.58 bits per heavy atom. The summed E-state index contributed by atoms with van der Waals surface area (Å²) in [6.45, 7) is 2.07. The second-order valence-electron chi connectivity index (χ2n) is 8.57. The summed E-state index contributed by atoms with van der Waals surface area (Å²) in [7, 11) is 0. The minimum atomic E-state index is -1.15. The number of nitrogens with zero attached hydrogens (tertiary/aromatic N) is 2. The third kappa shape index (κ3) is 3.65. The molecule has 5 rings (SSSR count). The Hall–Kier alpha value is -2.33. The lowest BCUT2D eigenvalue weighted by Gasteiger charge is -2.35. The van der Waals surface area contributed by atoms with Gasteiger partial charge in [-0.2, -0.15) is 5.10 Å². The first kappa shape index (κ1) is 20.6. The first-order valence-corrected chi connectivity index (χ1v) is 11.4. The number of hydrogen-bond donors (Lipinski definition) is 1. The Bertz CT molecular complexity index is 1220. The van der Waals surface area contributed by atoms with Gasteiger partial charge in [0.15, 0.2) is 0 Å². The van der Waals surface area contributed by atoms with Gasteiger partial charge in [0.25, 0.3) is 0 Å². The maximum absolute atomic E-state index is 12.2. The molecule has 1 N–H and O–H groups in total. The van der Waals surface area contributed by atoms with Crippen LogP contribution < -0.4 is 0 Å². The highest BCUT2D eigenvalue weighted by Gasteiger charge is 2.42. The summed E-state index contributed by atoms with van der Waals surface area (Å²) in [5.74, 6) is 0.117. The summed E-state index contributed by atoms with van der Waals surface area (Å²) in [4.78, 5) is 0. The lowest BCUT2D eigenvalue weighted by Crippen LogP contribution is -2.35. The van der Waals surface area contributed by atoms with Crippen molar-refractivity contribution < 1.29 is 5.11 Å². The molecule has 0 amide bonds. The molecule has 0 bridgehead atoms. The summed E-state index contributed by atoms with van der Waals surface area (Å²) in [5.41, 5.74) is 3.69. The van der Waals surface area contributed by atoms with E-state index in [0.717, 1.165) is 53.4 Å². The first-order valence-electron chi connectivity index (χ1n) is 10.7. The molecular formula is C26H24Cl2N2O. The standard InChI is InChI=1S/C26H24Cl2N2O/c1-17-6-9-24(10-7-17)30-25-11-8-20(12-18(25)16-29-30)26(31,19-4-2-3-5-19)21-13-22(27)15-23(28)14-21/h6-16,19,31H,2-5H2,1H3. The minimum Gasteiger partial charge on any atom is -0.380 e. The van der Waals surface area contributed by atoms with Crippen molar-refractivity contribution in [3.8, 4) is 5.69 Å². The number of fused-ring (bicyclic) bond motifs is 1. The van der Waals surface area contributed by atoms with Crippen molar-refractivity contribution in [3.63, 3.8) is 0 Å². The third-order valence-electron chi connectivity index (χ3n) is 6.54. The second-order valence-corrected chi connectivity index (χ2v) is 9.44. The molecule has 4 aromatic rings. The molecule has 1 fully saturated rings. The summed E-state index contributed by atoms with van der Waals surface area (Å²) < 4.78 is 1.93. The topological polar surface area (TPSA) is 38.0 Å². The second kappa shape index (κ2) is 7.98. The summed E-state index contributed by atoms with van der Waals surface area (Å²) in [6.07, 6.45) is 6.05. The van der Waals surface area contributed by atoms with Crippen molar-refractivity contribution in [2.45, 2.75) is 38.2 Å². The fourth-order valence-electron chi connectivity index (χ4n) is 4.92. The van der Waals surface area contributed by atoms with Gasteiger partial charge in [0, 0.05) is 15.4 Å². The maximum Gasteiger partial charge on any atom is 0.118 e. The van der Waals surface area contributed by atoms with E-state index in [1.54, 1.807) is 6.07 Å². The molecule has 0 spiro atoms. The van der Waals surface area contributed by atoms with Crippen LogP contribution in [0, 0.1) is 12.8 Å². The van der Waals surface area contributed by atoms with Crippen molar-refractivity contribution in [1.29, 1.82) is 0 Å². The highest BCUT2D eigenvalue weighted by Crippen LogP contribution is 2.46. The molecule has 0 radical (unpaired) electrons. The number of halogens is 2.